The summed E-state index contributed by atoms with van der Waals surface area (Å²) in [5.74, 6) is 0.387. The zero-order chi connectivity index (χ0) is 22.4. The van der Waals surface area contributed by atoms with Gasteiger partial charge in [-0.15, -0.1) is 0 Å². The zero-order valence-corrected chi connectivity index (χ0v) is 20.0. The van der Waals surface area contributed by atoms with Crippen LogP contribution in [0.2, 0.25) is 0 Å². The molecule has 0 spiro atoms. The number of hydrogen-bond acceptors (Lipinski definition) is 6. The summed E-state index contributed by atoms with van der Waals surface area (Å²) in [6, 6.07) is 5.00. The van der Waals surface area contributed by atoms with Crippen LogP contribution in [0.3, 0.4) is 0 Å². The molecular weight excluding hydrogens is 401 g/mol. The molecule has 2 aromatic rings. The molecule has 0 unspecified atom stereocenters. The van der Waals surface area contributed by atoms with Crippen molar-refractivity contribution < 1.29 is 13.2 Å². The van der Waals surface area contributed by atoms with E-state index in [4.69, 9.17) is 0 Å². The average molecular weight is 436 g/mol. The summed E-state index contributed by atoms with van der Waals surface area (Å²) < 4.78 is 26.2. The van der Waals surface area contributed by atoms with Crippen molar-refractivity contribution in [2.24, 2.45) is 0 Å². The van der Waals surface area contributed by atoms with Gasteiger partial charge in [-0.05, 0) is 31.0 Å². The van der Waals surface area contributed by atoms with Gasteiger partial charge in [0.15, 0.2) is 5.82 Å². The Morgan fingerprint density at radius 2 is 1.60 bits per heavy atom. The van der Waals surface area contributed by atoms with Crippen molar-refractivity contribution in [2.45, 2.75) is 54.4 Å². The van der Waals surface area contributed by atoms with E-state index in [-0.39, 0.29) is 14.0 Å². The van der Waals surface area contributed by atoms with E-state index in [1.807, 2.05) is 51.2 Å². The maximum Gasteiger partial charge on any atom is 0.268 e. The monoisotopic (exact) mass is 436 g/mol. The molecule has 3 radical (unpaired) electrons. The van der Waals surface area contributed by atoms with Crippen LogP contribution in [0.1, 0.15) is 64.7 Å². The Bertz CT molecular complexity index is 821. The van der Waals surface area contributed by atoms with Crippen LogP contribution in [0, 0.1) is 0 Å². The predicted octanol–water partition coefficient (Wildman–Crippen LogP) is 3.25. The molecule has 3 rings (SSSR count). The fraction of sp³-hybridized carbons (Fsp3) is 0.550. The van der Waals surface area contributed by atoms with Crippen LogP contribution in [-0.2, 0) is 10.0 Å². The van der Waals surface area contributed by atoms with Crippen molar-refractivity contribution in [1.82, 2.24) is 19.5 Å². The Morgan fingerprint density at radius 1 is 1.03 bits per heavy atom. The van der Waals surface area contributed by atoms with Crippen LogP contribution < -0.4 is 9.62 Å². The lowest BCUT2D eigenvalue weighted by Crippen LogP contribution is -2.32. The van der Waals surface area contributed by atoms with Crippen LogP contribution in [0.5, 0.6) is 0 Å². The number of anilines is 1. The fourth-order valence-electron chi connectivity index (χ4n) is 2.54. The number of hydrogen-bond donors (Lipinski definition) is 1. The van der Waals surface area contributed by atoms with Gasteiger partial charge in [0.25, 0.3) is 5.91 Å². The molecule has 0 bridgehead atoms. The van der Waals surface area contributed by atoms with E-state index in [1.54, 1.807) is 35.3 Å². The van der Waals surface area contributed by atoms with Crippen LogP contribution in [0.4, 0.5) is 5.82 Å². The maximum atomic E-state index is 12.3. The van der Waals surface area contributed by atoms with Gasteiger partial charge in [0.1, 0.15) is 5.82 Å². The molecule has 1 saturated heterocycles. The Balaban J connectivity index is 0. The first-order valence-electron chi connectivity index (χ1n) is 10.2. The minimum absolute atomic E-state index is 0. The van der Waals surface area contributed by atoms with E-state index in [2.05, 4.69) is 10.1 Å². The SMILES string of the molecule is CC.CC.CC.CS(=O)(=O)NC(=O)c1ccc(-n2cccn2)nc1N1CCCC1.[B]. The minimum Gasteiger partial charge on any atom is -0.356 e. The molecule has 10 heteroatoms. The summed E-state index contributed by atoms with van der Waals surface area (Å²) in [6.45, 7) is 13.6. The molecule has 1 aliphatic rings. The smallest absolute Gasteiger partial charge is 0.268 e. The first kappa shape index (κ1) is 29.8. The van der Waals surface area contributed by atoms with Crippen molar-refractivity contribution in [3.63, 3.8) is 0 Å². The Hall–Kier alpha value is -2.36. The van der Waals surface area contributed by atoms with E-state index in [0.29, 0.717) is 11.6 Å². The number of amides is 1. The third-order valence-corrected chi connectivity index (χ3v) is 4.08. The van der Waals surface area contributed by atoms with Crippen LogP contribution in [0.15, 0.2) is 30.6 Å². The number of sulfonamides is 1. The van der Waals surface area contributed by atoms with Crippen LogP contribution in [-0.4, -0.2) is 56.8 Å². The van der Waals surface area contributed by atoms with Gasteiger partial charge < -0.3 is 4.90 Å². The molecule has 3 heterocycles. The van der Waals surface area contributed by atoms with E-state index < -0.39 is 15.9 Å². The molecule has 1 N–H and O–H groups in total. The first-order valence-corrected chi connectivity index (χ1v) is 12.1. The molecule has 167 valence electrons. The van der Waals surface area contributed by atoms with Crippen molar-refractivity contribution >= 4 is 30.2 Å². The van der Waals surface area contributed by atoms with Gasteiger partial charge in [-0.2, -0.15) is 5.10 Å². The molecular formula is C20H35BN5O3S. The van der Waals surface area contributed by atoms with Gasteiger partial charge in [-0.1, -0.05) is 41.5 Å². The van der Waals surface area contributed by atoms with Gasteiger partial charge >= 0.3 is 0 Å². The second-order valence-corrected chi connectivity index (χ2v) is 7.14. The highest BCUT2D eigenvalue weighted by Crippen LogP contribution is 2.24. The maximum absolute atomic E-state index is 12.3. The highest BCUT2D eigenvalue weighted by molar-refractivity contribution is 7.89. The number of pyridine rings is 1. The molecule has 1 fully saturated rings. The molecule has 1 amide bonds. The molecule has 2 aromatic heterocycles. The molecule has 0 saturated carbocycles. The van der Waals surface area contributed by atoms with Crippen molar-refractivity contribution in [3.05, 3.63) is 36.2 Å². The lowest BCUT2D eigenvalue weighted by Gasteiger charge is -2.20. The number of rotatable bonds is 4. The first-order chi connectivity index (χ1) is 13.9. The van der Waals surface area contributed by atoms with E-state index in [0.717, 1.165) is 32.2 Å². The summed E-state index contributed by atoms with van der Waals surface area (Å²) in [7, 11) is -3.63. The molecule has 0 aromatic carbocycles. The standard InChI is InChI=1S/C14H17N5O3S.3C2H6.B/c1-23(21,22)17-14(20)11-5-6-12(19-10-4-7-15-19)16-13(11)18-8-2-3-9-18;3*1-2;/h4-7,10H,2-3,8-9H2,1H3,(H,17,20);3*1-2H3;. The van der Waals surface area contributed by atoms with Crippen LogP contribution in [0.25, 0.3) is 5.82 Å². The molecule has 8 nitrogen and oxygen atoms in total. The van der Waals surface area contributed by atoms with Crippen molar-refractivity contribution in [1.29, 1.82) is 0 Å². The number of carbonyl (C=O) groups excluding carboxylic acids is 1. The van der Waals surface area contributed by atoms with Gasteiger partial charge in [-0.3, -0.25) is 4.79 Å². The quantitative estimate of drug-likeness (QED) is 0.739. The highest BCUT2D eigenvalue weighted by atomic mass is 32.2. The summed E-state index contributed by atoms with van der Waals surface area (Å²) in [5.41, 5.74) is 0.244. The van der Waals surface area contributed by atoms with E-state index in [1.165, 1.54) is 0 Å². The van der Waals surface area contributed by atoms with Crippen molar-refractivity contribution in [2.75, 3.05) is 24.2 Å². The molecule has 0 atom stereocenters. The lowest BCUT2D eigenvalue weighted by molar-refractivity contribution is 0.0982. The van der Waals surface area contributed by atoms with Crippen molar-refractivity contribution in [3.8, 4) is 5.82 Å². The topological polar surface area (TPSA) is 97.2 Å². The second-order valence-electron chi connectivity index (χ2n) is 5.39. The number of carbonyl (C=O) groups is 1. The van der Waals surface area contributed by atoms with Crippen LogP contribution >= 0.6 is 0 Å². The second kappa shape index (κ2) is 15.5. The fourth-order valence-corrected chi connectivity index (χ4v) is 2.99. The summed E-state index contributed by atoms with van der Waals surface area (Å²) in [6.07, 6.45) is 6.38. The minimum atomic E-state index is -3.63. The normalized spacial score (nSPS) is 12.0. The third-order valence-electron chi connectivity index (χ3n) is 3.53. The largest absolute Gasteiger partial charge is 0.356 e. The molecule has 1 aliphatic heterocycles. The van der Waals surface area contributed by atoms with E-state index in [9.17, 15) is 13.2 Å². The Labute approximate surface area is 183 Å². The van der Waals surface area contributed by atoms with Gasteiger partial charge in [0.05, 0.1) is 11.8 Å². The lowest BCUT2D eigenvalue weighted by atomic mass is 10.2. The zero-order valence-electron chi connectivity index (χ0n) is 19.2. The summed E-state index contributed by atoms with van der Waals surface area (Å²) >= 11 is 0. The number of aromatic nitrogens is 3. The predicted molar refractivity (Wildman–Crippen MR) is 125 cm³/mol. The molecule has 30 heavy (non-hydrogen) atoms. The Kier molecular flexibility index (Phi) is 15.4. The number of nitrogens with one attached hydrogen (secondary N) is 1. The highest BCUT2D eigenvalue weighted by Gasteiger charge is 2.23. The summed E-state index contributed by atoms with van der Waals surface area (Å²) in [4.78, 5) is 18.8. The Morgan fingerprint density at radius 3 is 2.07 bits per heavy atom. The van der Waals surface area contributed by atoms with Gasteiger partial charge in [0.2, 0.25) is 10.0 Å². The number of nitrogens with zero attached hydrogens (tertiary/aromatic N) is 4. The summed E-state index contributed by atoms with van der Waals surface area (Å²) in [5, 5.41) is 4.13. The van der Waals surface area contributed by atoms with Gasteiger partial charge in [-0.25, -0.2) is 22.8 Å². The van der Waals surface area contributed by atoms with E-state index >= 15 is 0 Å². The average Bonchev–Trinajstić information content (AvgIpc) is 3.45. The molecule has 0 aliphatic carbocycles. The third kappa shape index (κ3) is 8.98. The van der Waals surface area contributed by atoms with Gasteiger partial charge in [0, 0.05) is 33.9 Å².